The molecule has 1 unspecified atom stereocenters. The van der Waals surface area contributed by atoms with Crippen molar-refractivity contribution in [1.29, 1.82) is 0 Å². The Bertz CT molecular complexity index is 178. The molecule has 2 rings (SSSR count). The molecule has 0 spiro atoms. The van der Waals surface area contributed by atoms with Crippen molar-refractivity contribution in [3.8, 4) is 0 Å². The minimum Gasteiger partial charge on any atom is -0.365 e. The van der Waals surface area contributed by atoms with Crippen LogP contribution < -0.4 is 5.32 Å². The second-order valence-electron chi connectivity index (χ2n) is 3.03. The molecule has 2 aliphatic heterocycles. The van der Waals surface area contributed by atoms with Gasteiger partial charge in [-0.1, -0.05) is 6.08 Å². The molecule has 11 heavy (non-hydrogen) atoms. The van der Waals surface area contributed by atoms with Crippen LogP contribution in [0.4, 0.5) is 0 Å². The van der Waals surface area contributed by atoms with Gasteiger partial charge in [0, 0.05) is 13.1 Å². The Kier molecular flexibility index (Phi) is 1.95. The summed E-state index contributed by atoms with van der Waals surface area (Å²) >= 11 is 0. The first kappa shape index (κ1) is 6.92. The summed E-state index contributed by atoms with van der Waals surface area (Å²) in [6.45, 7) is 2.45. The molecule has 0 amide bonds. The predicted octanol–water partition coefficient (Wildman–Crippen LogP) is 0.885. The van der Waals surface area contributed by atoms with E-state index in [0.29, 0.717) is 6.17 Å². The molecule has 1 N–H and O–H groups in total. The summed E-state index contributed by atoms with van der Waals surface area (Å²) in [5.41, 5.74) is 0. The van der Waals surface area contributed by atoms with E-state index in [0.717, 1.165) is 0 Å². The van der Waals surface area contributed by atoms with Crippen LogP contribution in [0.2, 0.25) is 0 Å². The molecule has 1 saturated heterocycles. The van der Waals surface area contributed by atoms with Crippen molar-refractivity contribution >= 4 is 0 Å². The van der Waals surface area contributed by atoms with Gasteiger partial charge in [-0.3, -0.25) is 4.90 Å². The predicted molar refractivity (Wildman–Crippen MR) is 44.7 cm³/mol. The third-order valence-corrected chi connectivity index (χ3v) is 2.24. The van der Waals surface area contributed by atoms with Crippen molar-refractivity contribution in [2.24, 2.45) is 0 Å². The molecule has 1 fully saturated rings. The van der Waals surface area contributed by atoms with Gasteiger partial charge < -0.3 is 5.32 Å². The molecule has 2 heteroatoms. The van der Waals surface area contributed by atoms with Gasteiger partial charge in [0.15, 0.2) is 0 Å². The van der Waals surface area contributed by atoms with Crippen molar-refractivity contribution in [2.75, 3.05) is 13.1 Å². The summed E-state index contributed by atoms with van der Waals surface area (Å²) in [5, 5.41) is 3.19. The highest BCUT2D eigenvalue weighted by Crippen LogP contribution is 2.11. The van der Waals surface area contributed by atoms with Crippen LogP contribution >= 0.6 is 0 Å². The Morgan fingerprint density at radius 1 is 1.36 bits per heavy atom. The molecule has 0 aliphatic carbocycles. The summed E-state index contributed by atoms with van der Waals surface area (Å²) in [4.78, 5) is 2.44. The van der Waals surface area contributed by atoms with Gasteiger partial charge in [0.1, 0.15) is 0 Å². The summed E-state index contributed by atoms with van der Waals surface area (Å²) in [6, 6.07) is 0. The Morgan fingerprint density at radius 3 is 2.82 bits per heavy atom. The van der Waals surface area contributed by atoms with E-state index in [-0.39, 0.29) is 0 Å². The van der Waals surface area contributed by atoms with Gasteiger partial charge in [-0.15, -0.1) is 0 Å². The second-order valence-corrected chi connectivity index (χ2v) is 3.03. The molecular weight excluding hydrogens is 136 g/mol. The minimum atomic E-state index is 0.405. The molecule has 2 aliphatic rings. The fraction of sp³-hybridized carbons (Fsp3) is 0.556. The van der Waals surface area contributed by atoms with Crippen molar-refractivity contribution in [2.45, 2.75) is 19.0 Å². The highest BCUT2D eigenvalue weighted by atomic mass is 15.3. The maximum absolute atomic E-state index is 3.19. The van der Waals surface area contributed by atoms with E-state index in [1.54, 1.807) is 0 Å². The van der Waals surface area contributed by atoms with E-state index < -0.39 is 0 Å². The molecular formula is C9H13N2. The van der Waals surface area contributed by atoms with Crippen LogP contribution in [0.5, 0.6) is 0 Å². The van der Waals surface area contributed by atoms with Crippen molar-refractivity contribution < 1.29 is 0 Å². The van der Waals surface area contributed by atoms with Gasteiger partial charge in [-0.05, 0) is 25.0 Å². The first-order valence-electron chi connectivity index (χ1n) is 4.22. The molecule has 0 saturated carbocycles. The van der Waals surface area contributed by atoms with E-state index in [2.05, 4.69) is 28.6 Å². The maximum Gasteiger partial charge on any atom is 0.0989 e. The van der Waals surface area contributed by atoms with E-state index >= 15 is 0 Å². The van der Waals surface area contributed by atoms with Crippen LogP contribution in [0.1, 0.15) is 12.8 Å². The number of hydrogen-bond donors (Lipinski definition) is 1. The first-order valence-corrected chi connectivity index (χ1v) is 4.22. The normalized spacial score (nSPS) is 30.7. The van der Waals surface area contributed by atoms with Crippen LogP contribution in [0.15, 0.2) is 18.2 Å². The van der Waals surface area contributed by atoms with Crippen LogP contribution in [0.3, 0.4) is 0 Å². The average Bonchev–Trinajstić information content (AvgIpc) is 2.58. The highest BCUT2D eigenvalue weighted by Gasteiger charge is 2.18. The van der Waals surface area contributed by atoms with Gasteiger partial charge in [0.25, 0.3) is 0 Å². The van der Waals surface area contributed by atoms with Gasteiger partial charge >= 0.3 is 0 Å². The van der Waals surface area contributed by atoms with Crippen LogP contribution in [-0.4, -0.2) is 24.2 Å². The number of hydrogen-bond acceptors (Lipinski definition) is 2. The number of rotatable bonds is 1. The number of likely N-dealkylation sites (tertiary alicyclic amines) is 1. The summed E-state index contributed by atoms with van der Waals surface area (Å²) in [5.74, 6) is 0. The molecule has 1 radical (unpaired) electrons. The van der Waals surface area contributed by atoms with Crippen LogP contribution in [0.25, 0.3) is 0 Å². The van der Waals surface area contributed by atoms with Gasteiger partial charge in [-0.2, -0.15) is 0 Å². The molecule has 2 nitrogen and oxygen atoms in total. The smallest absolute Gasteiger partial charge is 0.0989 e. The Hall–Kier alpha value is -0.760. The quantitative estimate of drug-likeness (QED) is 0.595. The lowest BCUT2D eigenvalue weighted by atomic mass is 10.3. The van der Waals surface area contributed by atoms with Gasteiger partial charge in [0.2, 0.25) is 0 Å². The fourth-order valence-electron chi connectivity index (χ4n) is 1.62. The standard InChI is InChI=1S/C9H13N2/c1-2-6-10-9(5-1)11-7-3-4-8-11/h1-2,5,9-10H,3-4,7-8H2. The Morgan fingerprint density at radius 2 is 2.18 bits per heavy atom. The number of dihydropyridines is 1. The van der Waals surface area contributed by atoms with Crippen molar-refractivity contribution in [3.63, 3.8) is 0 Å². The summed E-state index contributed by atoms with van der Waals surface area (Å²) in [6.07, 6.45) is 12.2. The largest absolute Gasteiger partial charge is 0.365 e. The zero-order valence-corrected chi connectivity index (χ0v) is 6.59. The monoisotopic (exact) mass is 149 g/mol. The van der Waals surface area contributed by atoms with E-state index in [1.165, 1.54) is 25.9 Å². The van der Waals surface area contributed by atoms with Crippen molar-refractivity contribution in [3.05, 3.63) is 24.4 Å². The Labute approximate surface area is 67.6 Å². The maximum atomic E-state index is 3.19. The lowest BCUT2D eigenvalue weighted by Gasteiger charge is -2.25. The molecule has 1 atom stereocenters. The van der Waals surface area contributed by atoms with Crippen LogP contribution in [-0.2, 0) is 0 Å². The zero-order chi connectivity index (χ0) is 7.52. The number of allylic oxidation sites excluding steroid dienone is 2. The Balaban J connectivity index is 1.94. The molecule has 0 aromatic carbocycles. The first-order chi connectivity index (χ1) is 5.47. The fourth-order valence-corrected chi connectivity index (χ4v) is 1.62. The minimum absolute atomic E-state index is 0.405. The highest BCUT2D eigenvalue weighted by molar-refractivity contribution is 5.08. The lowest BCUT2D eigenvalue weighted by Crippen LogP contribution is -2.41. The third-order valence-electron chi connectivity index (χ3n) is 2.24. The molecule has 2 heterocycles. The van der Waals surface area contributed by atoms with E-state index in [1.807, 2.05) is 6.08 Å². The average molecular weight is 149 g/mol. The molecule has 0 aromatic heterocycles. The second kappa shape index (κ2) is 3.09. The van der Waals surface area contributed by atoms with E-state index in [4.69, 9.17) is 0 Å². The van der Waals surface area contributed by atoms with Gasteiger partial charge in [-0.25, -0.2) is 0 Å². The number of nitrogens with zero attached hydrogens (tertiary/aromatic N) is 1. The van der Waals surface area contributed by atoms with E-state index in [9.17, 15) is 0 Å². The topological polar surface area (TPSA) is 15.3 Å². The van der Waals surface area contributed by atoms with Crippen molar-refractivity contribution in [1.82, 2.24) is 10.2 Å². The SMILES string of the molecule is [C]1=CC=CC(N2CCCC2)N1. The van der Waals surface area contributed by atoms with Crippen LogP contribution in [0, 0.1) is 6.20 Å². The third kappa shape index (κ3) is 1.46. The molecule has 0 bridgehead atoms. The number of nitrogens with one attached hydrogen (secondary N) is 1. The summed E-state index contributed by atoms with van der Waals surface area (Å²) in [7, 11) is 0. The lowest BCUT2D eigenvalue weighted by molar-refractivity contribution is 0.259. The van der Waals surface area contributed by atoms with Gasteiger partial charge in [0.05, 0.1) is 12.4 Å². The summed E-state index contributed by atoms with van der Waals surface area (Å²) < 4.78 is 0. The zero-order valence-electron chi connectivity index (χ0n) is 6.59. The molecule has 59 valence electrons. The molecule has 0 aromatic rings.